The lowest BCUT2D eigenvalue weighted by Crippen LogP contribution is -2.38. The molecule has 1 fully saturated rings. The molecule has 0 radical (unpaired) electrons. The number of Topliss-reactive ketones (excluding diaryl/α,β-unsaturated/α-hetero) is 1. The lowest BCUT2D eigenvalue weighted by Gasteiger charge is -2.33. The fourth-order valence-electron chi connectivity index (χ4n) is 2.65. The molecule has 1 atom stereocenters. The molecule has 1 amide bonds. The number of ketones is 1. The van der Waals surface area contributed by atoms with E-state index in [1.165, 1.54) is 30.8 Å². The molecule has 21 heavy (non-hydrogen) atoms. The van der Waals surface area contributed by atoms with Crippen molar-refractivity contribution in [1.29, 1.82) is 0 Å². The van der Waals surface area contributed by atoms with Crippen molar-refractivity contribution < 1.29 is 14.0 Å². The average molecular weight is 304 g/mol. The maximum absolute atomic E-state index is 13.1. The predicted molar refractivity (Wildman–Crippen MR) is 79.3 cm³/mol. The van der Waals surface area contributed by atoms with Crippen molar-refractivity contribution in [2.24, 2.45) is 4.99 Å². The Balaban J connectivity index is 2.17. The standard InChI is InChI=1S/C15H13FN2O2S/c1-8-13(9(2)19)14(10-3-5-11(16)6-4-10)18-12(20)7-21-15(18)17-8/h3-6,14H,7H2,1-2H3/t14-/m1/s1. The first kappa shape index (κ1) is 14.0. The number of amides is 1. The highest BCUT2D eigenvalue weighted by molar-refractivity contribution is 8.15. The molecule has 0 aliphatic carbocycles. The van der Waals surface area contributed by atoms with Crippen molar-refractivity contribution in [2.75, 3.05) is 5.75 Å². The van der Waals surface area contributed by atoms with E-state index in [4.69, 9.17) is 0 Å². The van der Waals surface area contributed by atoms with Crippen LogP contribution in [0.25, 0.3) is 0 Å². The van der Waals surface area contributed by atoms with Crippen LogP contribution in [0.1, 0.15) is 25.5 Å². The van der Waals surface area contributed by atoms with E-state index in [0.29, 0.717) is 27.8 Å². The van der Waals surface area contributed by atoms with E-state index in [0.717, 1.165) is 0 Å². The fourth-order valence-corrected chi connectivity index (χ4v) is 3.59. The van der Waals surface area contributed by atoms with E-state index in [2.05, 4.69) is 4.99 Å². The minimum absolute atomic E-state index is 0.0840. The van der Waals surface area contributed by atoms with Crippen molar-refractivity contribution in [1.82, 2.24) is 4.90 Å². The summed E-state index contributed by atoms with van der Waals surface area (Å²) in [5, 5.41) is 0.608. The summed E-state index contributed by atoms with van der Waals surface area (Å²) < 4.78 is 13.1. The van der Waals surface area contributed by atoms with Gasteiger partial charge in [0.15, 0.2) is 11.0 Å². The third-order valence-corrected chi connectivity index (χ3v) is 4.49. The fraction of sp³-hybridized carbons (Fsp3) is 0.267. The molecule has 0 saturated carbocycles. The number of rotatable bonds is 2. The van der Waals surface area contributed by atoms with Crippen LogP contribution in [0.15, 0.2) is 40.5 Å². The molecule has 2 aliphatic rings. The van der Waals surface area contributed by atoms with Crippen LogP contribution in [0.3, 0.4) is 0 Å². The number of hydrogen-bond acceptors (Lipinski definition) is 4. The molecule has 4 nitrogen and oxygen atoms in total. The molecule has 1 aromatic carbocycles. The molecular formula is C15H13FN2O2S. The van der Waals surface area contributed by atoms with Crippen molar-refractivity contribution in [3.8, 4) is 0 Å². The number of thioether (sulfide) groups is 1. The predicted octanol–water partition coefficient (Wildman–Crippen LogP) is 2.67. The zero-order valence-electron chi connectivity index (χ0n) is 11.6. The van der Waals surface area contributed by atoms with Crippen LogP contribution in [-0.4, -0.2) is 27.5 Å². The summed E-state index contributed by atoms with van der Waals surface area (Å²) in [7, 11) is 0. The molecule has 6 heteroatoms. The zero-order valence-corrected chi connectivity index (χ0v) is 12.4. The molecule has 1 saturated heterocycles. The van der Waals surface area contributed by atoms with Crippen LogP contribution < -0.4 is 0 Å². The van der Waals surface area contributed by atoms with Gasteiger partial charge in [0, 0.05) is 11.3 Å². The van der Waals surface area contributed by atoms with Gasteiger partial charge in [0.25, 0.3) is 0 Å². The van der Waals surface area contributed by atoms with E-state index in [1.807, 2.05) is 0 Å². The molecule has 2 heterocycles. The molecule has 0 unspecified atom stereocenters. The topological polar surface area (TPSA) is 49.7 Å². The summed E-state index contributed by atoms with van der Waals surface area (Å²) >= 11 is 1.36. The van der Waals surface area contributed by atoms with Gasteiger partial charge in [-0.1, -0.05) is 23.9 Å². The van der Waals surface area contributed by atoms with Gasteiger partial charge < -0.3 is 0 Å². The van der Waals surface area contributed by atoms with Gasteiger partial charge in [-0.05, 0) is 31.5 Å². The Kier molecular flexibility index (Phi) is 3.41. The zero-order chi connectivity index (χ0) is 15.1. The number of fused-ring (bicyclic) bond motifs is 1. The average Bonchev–Trinajstić information content (AvgIpc) is 2.79. The van der Waals surface area contributed by atoms with Gasteiger partial charge in [0.1, 0.15) is 5.82 Å². The molecule has 1 aromatic rings. The number of amidine groups is 1. The highest BCUT2D eigenvalue weighted by Crippen LogP contribution is 2.40. The molecular weight excluding hydrogens is 291 g/mol. The largest absolute Gasteiger partial charge is 0.295 e. The first-order valence-corrected chi connectivity index (χ1v) is 7.48. The Morgan fingerprint density at radius 2 is 2.05 bits per heavy atom. The van der Waals surface area contributed by atoms with E-state index in [-0.39, 0.29) is 17.5 Å². The lowest BCUT2D eigenvalue weighted by molar-refractivity contribution is -0.125. The molecule has 108 valence electrons. The van der Waals surface area contributed by atoms with Gasteiger partial charge in [0.05, 0.1) is 11.8 Å². The smallest absolute Gasteiger partial charge is 0.239 e. The number of aliphatic imine (C=N–C) groups is 1. The van der Waals surface area contributed by atoms with Crippen molar-refractivity contribution in [3.63, 3.8) is 0 Å². The van der Waals surface area contributed by atoms with E-state index in [9.17, 15) is 14.0 Å². The minimum atomic E-state index is -0.516. The van der Waals surface area contributed by atoms with Crippen LogP contribution in [0, 0.1) is 5.82 Å². The van der Waals surface area contributed by atoms with Crippen molar-refractivity contribution in [2.45, 2.75) is 19.9 Å². The van der Waals surface area contributed by atoms with Gasteiger partial charge in [-0.2, -0.15) is 0 Å². The molecule has 0 spiro atoms. The van der Waals surface area contributed by atoms with Crippen LogP contribution in [-0.2, 0) is 9.59 Å². The number of halogens is 1. The third kappa shape index (κ3) is 2.29. The van der Waals surface area contributed by atoms with Crippen LogP contribution >= 0.6 is 11.8 Å². The number of allylic oxidation sites excluding steroid dienone is 1. The number of hydrogen-bond donors (Lipinski definition) is 0. The second kappa shape index (κ2) is 5.11. The minimum Gasteiger partial charge on any atom is -0.295 e. The maximum atomic E-state index is 13.1. The Labute approximate surface area is 125 Å². The van der Waals surface area contributed by atoms with Gasteiger partial charge in [-0.3, -0.25) is 14.5 Å². The first-order valence-electron chi connectivity index (χ1n) is 6.49. The van der Waals surface area contributed by atoms with Crippen molar-refractivity contribution in [3.05, 3.63) is 46.9 Å². The Hall–Kier alpha value is -1.95. The summed E-state index contributed by atoms with van der Waals surface area (Å²) in [5.74, 6) is -0.251. The first-order chi connectivity index (χ1) is 9.99. The second-order valence-corrected chi connectivity index (χ2v) is 5.90. The monoisotopic (exact) mass is 304 g/mol. The van der Waals surface area contributed by atoms with Gasteiger partial charge in [-0.25, -0.2) is 9.38 Å². The molecule has 0 aromatic heterocycles. The van der Waals surface area contributed by atoms with Crippen LogP contribution in [0.5, 0.6) is 0 Å². The summed E-state index contributed by atoms with van der Waals surface area (Å²) in [6.45, 7) is 3.23. The Bertz CT molecular complexity index is 694. The highest BCUT2D eigenvalue weighted by Gasteiger charge is 2.41. The van der Waals surface area contributed by atoms with E-state index < -0.39 is 6.04 Å². The molecule has 2 aliphatic heterocycles. The Morgan fingerprint density at radius 1 is 1.38 bits per heavy atom. The van der Waals surface area contributed by atoms with Gasteiger partial charge in [-0.15, -0.1) is 0 Å². The summed E-state index contributed by atoms with van der Waals surface area (Å²) in [6.07, 6.45) is 0. The molecule has 0 N–H and O–H groups in total. The number of nitrogens with zero attached hydrogens (tertiary/aromatic N) is 2. The number of carbonyl (C=O) groups is 2. The maximum Gasteiger partial charge on any atom is 0.239 e. The molecule has 3 rings (SSSR count). The van der Waals surface area contributed by atoms with E-state index in [1.54, 1.807) is 24.0 Å². The van der Waals surface area contributed by atoms with Crippen LogP contribution in [0.4, 0.5) is 4.39 Å². The normalized spacial score (nSPS) is 21.5. The van der Waals surface area contributed by atoms with Crippen LogP contribution in [0.2, 0.25) is 0 Å². The highest BCUT2D eigenvalue weighted by atomic mass is 32.2. The number of carbonyl (C=O) groups excluding carboxylic acids is 2. The summed E-state index contributed by atoms with van der Waals surface area (Å²) in [6, 6.07) is 5.37. The number of benzene rings is 1. The van der Waals surface area contributed by atoms with Crippen molar-refractivity contribution >= 4 is 28.6 Å². The summed E-state index contributed by atoms with van der Waals surface area (Å²) in [5.41, 5.74) is 1.82. The summed E-state index contributed by atoms with van der Waals surface area (Å²) in [4.78, 5) is 30.1. The van der Waals surface area contributed by atoms with Gasteiger partial charge in [0.2, 0.25) is 5.91 Å². The molecule has 0 bridgehead atoms. The van der Waals surface area contributed by atoms with Gasteiger partial charge >= 0.3 is 0 Å². The Morgan fingerprint density at radius 3 is 2.67 bits per heavy atom. The third-order valence-electron chi connectivity index (χ3n) is 3.55. The lowest BCUT2D eigenvalue weighted by atomic mass is 9.92. The quantitative estimate of drug-likeness (QED) is 0.844. The second-order valence-electron chi connectivity index (χ2n) is 4.96. The SMILES string of the molecule is CC(=O)C1=C(C)N=C2SCC(=O)N2[C@@H]1c1ccc(F)cc1. The van der Waals surface area contributed by atoms with E-state index >= 15 is 0 Å².